The lowest BCUT2D eigenvalue weighted by molar-refractivity contribution is -0.120. The van der Waals surface area contributed by atoms with Gasteiger partial charge in [-0.3, -0.25) is 9.59 Å². The van der Waals surface area contributed by atoms with E-state index in [-0.39, 0.29) is 18.1 Å². The fourth-order valence-corrected chi connectivity index (χ4v) is 3.22. The third kappa shape index (κ3) is 4.53. The highest BCUT2D eigenvalue weighted by Gasteiger charge is 2.11. The van der Waals surface area contributed by atoms with Gasteiger partial charge >= 0.3 is 0 Å². The molecule has 4 heteroatoms. The second kappa shape index (κ2) is 8.49. The number of fused-ring (bicyclic) bond motifs is 1. The van der Waals surface area contributed by atoms with E-state index in [0.717, 1.165) is 6.42 Å². The number of hydrogen-bond acceptors (Lipinski definition) is 3. The summed E-state index contributed by atoms with van der Waals surface area (Å²) in [6.07, 6.45) is 0.942. The number of Topliss-reactive ketones (excluding diaryl/α,β-unsaturated/α-hetero) is 1. The van der Waals surface area contributed by atoms with Crippen LogP contribution < -0.4 is 10.1 Å². The molecule has 0 atom stereocenters. The van der Waals surface area contributed by atoms with Crippen molar-refractivity contribution >= 4 is 22.5 Å². The molecule has 0 radical (unpaired) electrons. The van der Waals surface area contributed by atoms with Gasteiger partial charge in [0, 0.05) is 17.7 Å². The van der Waals surface area contributed by atoms with Gasteiger partial charge in [-0.05, 0) is 47.9 Å². The van der Waals surface area contributed by atoms with E-state index in [1.165, 1.54) is 23.3 Å². The van der Waals surface area contributed by atoms with Crippen molar-refractivity contribution in [3.63, 3.8) is 0 Å². The van der Waals surface area contributed by atoms with Crippen LogP contribution >= 0.6 is 0 Å². The minimum absolute atomic E-state index is 0.0322. The zero-order chi connectivity index (χ0) is 19.2. The average Bonchev–Trinajstić information content (AvgIpc) is 2.68. The molecule has 0 aliphatic rings. The Balaban J connectivity index is 1.63. The molecular weight excluding hydrogens is 338 g/mol. The highest BCUT2D eigenvalue weighted by molar-refractivity contribution is 5.94. The molecule has 0 aliphatic heterocycles. The van der Waals surface area contributed by atoms with Crippen molar-refractivity contribution in [2.75, 3.05) is 13.7 Å². The molecule has 0 saturated heterocycles. The van der Waals surface area contributed by atoms with Gasteiger partial charge < -0.3 is 10.1 Å². The van der Waals surface area contributed by atoms with Crippen LogP contribution in [0.4, 0.5) is 0 Å². The van der Waals surface area contributed by atoms with Gasteiger partial charge in [0.1, 0.15) is 5.75 Å². The second-order valence-corrected chi connectivity index (χ2v) is 6.50. The van der Waals surface area contributed by atoms with Crippen LogP contribution in [0.25, 0.3) is 10.8 Å². The van der Waals surface area contributed by atoms with Crippen LogP contribution in [0.2, 0.25) is 0 Å². The van der Waals surface area contributed by atoms with Gasteiger partial charge in [-0.2, -0.15) is 0 Å². The molecule has 0 aromatic heterocycles. The van der Waals surface area contributed by atoms with Crippen molar-refractivity contribution in [1.29, 1.82) is 0 Å². The number of rotatable bonds is 7. The summed E-state index contributed by atoms with van der Waals surface area (Å²) >= 11 is 0. The monoisotopic (exact) mass is 361 g/mol. The van der Waals surface area contributed by atoms with Crippen LogP contribution in [0.15, 0.2) is 60.7 Å². The maximum Gasteiger partial charge on any atom is 0.224 e. The average molecular weight is 361 g/mol. The number of hydrogen-bond donors (Lipinski definition) is 1. The molecule has 0 aliphatic carbocycles. The number of methoxy groups -OCH3 is 1. The smallest absolute Gasteiger partial charge is 0.224 e. The lowest BCUT2D eigenvalue weighted by Crippen LogP contribution is -2.27. The Morgan fingerprint density at radius 3 is 2.52 bits per heavy atom. The lowest BCUT2D eigenvalue weighted by atomic mass is 10.0. The van der Waals surface area contributed by atoms with Crippen molar-refractivity contribution in [3.05, 3.63) is 77.4 Å². The predicted molar refractivity (Wildman–Crippen MR) is 107 cm³/mol. The lowest BCUT2D eigenvalue weighted by Gasteiger charge is -2.11. The maximum atomic E-state index is 12.4. The van der Waals surface area contributed by atoms with Crippen LogP contribution in [0.1, 0.15) is 28.4 Å². The first-order valence-corrected chi connectivity index (χ1v) is 8.99. The molecule has 27 heavy (non-hydrogen) atoms. The number of ketones is 1. The van der Waals surface area contributed by atoms with E-state index in [9.17, 15) is 9.59 Å². The molecule has 4 nitrogen and oxygen atoms in total. The van der Waals surface area contributed by atoms with E-state index in [2.05, 4.69) is 29.6 Å². The third-order valence-electron chi connectivity index (χ3n) is 4.63. The molecule has 0 saturated carbocycles. The fraction of sp³-hybridized carbons (Fsp3) is 0.217. The second-order valence-electron chi connectivity index (χ2n) is 6.50. The van der Waals surface area contributed by atoms with Gasteiger partial charge in [0.25, 0.3) is 0 Å². The van der Waals surface area contributed by atoms with Crippen LogP contribution in [0.5, 0.6) is 5.75 Å². The molecular formula is C23H23NO3. The summed E-state index contributed by atoms with van der Waals surface area (Å²) in [6, 6.07) is 19.6. The topological polar surface area (TPSA) is 55.4 Å². The Hall–Kier alpha value is -3.14. The van der Waals surface area contributed by atoms with E-state index >= 15 is 0 Å². The van der Waals surface area contributed by atoms with Gasteiger partial charge in [0.15, 0.2) is 5.78 Å². The summed E-state index contributed by atoms with van der Waals surface area (Å²) in [6.45, 7) is 2.07. The summed E-state index contributed by atoms with van der Waals surface area (Å²) in [4.78, 5) is 23.9. The largest absolute Gasteiger partial charge is 0.496 e. The summed E-state index contributed by atoms with van der Waals surface area (Å²) < 4.78 is 5.31. The van der Waals surface area contributed by atoms with Gasteiger partial charge in [0.05, 0.1) is 13.5 Å². The normalized spacial score (nSPS) is 10.6. The highest BCUT2D eigenvalue weighted by atomic mass is 16.5. The number of benzene rings is 3. The predicted octanol–water partition coefficient (Wildman–Crippen LogP) is 3.95. The van der Waals surface area contributed by atoms with Crippen molar-refractivity contribution in [2.24, 2.45) is 0 Å². The first-order chi connectivity index (χ1) is 13.1. The Kier molecular flexibility index (Phi) is 5.87. The van der Waals surface area contributed by atoms with Crippen molar-refractivity contribution in [1.82, 2.24) is 5.32 Å². The van der Waals surface area contributed by atoms with Gasteiger partial charge in [-0.25, -0.2) is 0 Å². The Labute approximate surface area is 159 Å². The number of amides is 1. The Morgan fingerprint density at radius 1 is 0.963 bits per heavy atom. The molecule has 3 aromatic carbocycles. The number of carbonyl (C=O) groups is 2. The summed E-state index contributed by atoms with van der Waals surface area (Å²) in [5.41, 5.74) is 2.51. The maximum absolute atomic E-state index is 12.4. The third-order valence-corrected chi connectivity index (χ3v) is 4.63. The SMILES string of the molecule is COc1ccc(C(C)=O)cc1CC(=O)NCCc1cccc2ccccc12. The summed E-state index contributed by atoms with van der Waals surface area (Å²) in [7, 11) is 1.56. The number of nitrogens with one attached hydrogen (secondary N) is 1. The highest BCUT2D eigenvalue weighted by Crippen LogP contribution is 2.21. The van der Waals surface area contributed by atoms with Crippen LogP contribution in [0, 0.1) is 0 Å². The first kappa shape index (κ1) is 18.6. The van der Waals surface area contributed by atoms with Gasteiger partial charge in [-0.1, -0.05) is 42.5 Å². The number of carbonyl (C=O) groups excluding carboxylic acids is 2. The van der Waals surface area contributed by atoms with E-state index in [1.807, 2.05) is 18.2 Å². The summed E-state index contributed by atoms with van der Waals surface area (Å²) in [5.74, 6) is 0.494. The molecule has 1 amide bonds. The molecule has 0 spiro atoms. The zero-order valence-electron chi connectivity index (χ0n) is 15.6. The Morgan fingerprint density at radius 2 is 1.74 bits per heavy atom. The van der Waals surface area contributed by atoms with Crippen molar-refractivity contribution in [3.8, 4) is 5.75 Å². The molecule has 1 N–H and O–H groups in total. The first-order valence-electron chi connectivity index (χ1n) is 8.99. The molecule has 138 valence electrons. The van der Waals surface area contributed by atoms with E-state index in [1.54, 1.807) is 25.3 Å². The fourth-order valence-electron chi connectivity index (χ4n) is 3.22. The standard InChI is InChI=1S/C23H23NO3/c1-16(25)19-10-11-22(27-2)20(14-19)15-23(26)24-13-12-18-8-5-7-17-6-3-4-9-21(17)18/h3-11,14H,12-13,15H2,1-2H3,(H,24,26). The Bertz CT molecular complexity index is 973. The molecule has 3 aromatic rings. The molecule has 0 fully saturated rings. The van der Waals surface area contributed by atoms with Crippen molar-refractivity contribution < 1.29 is 14.3 Å². The quantitative estimate of drug-likeness (QED) is 0.648. The van der Waals surface area contributed by atoms with E-state index < -0.39 is 0 Å². The van der Waals surface area contributed by atoms with E-state index in [4.69, 9.17) is 4.74 Å². The zero-order valence-corrected chi connectivity index (χ0v) is 15.6. The molecule has 0 unspecified atom stereocenters. The van der Waals surface area contributed by atoms with Crippen molar-refractivity contribution in [2.45, 2.75) is 19.8 Å². The minimum Gasteiger partial charge on any atom is -0.496 e. The van der Waals surface area contributed by atoms with Crippen LogP contribution in [0.3, 0.4) is 0 Å². The molecule has 3 rings (SSSR count). The summed E-state index contributed by atoms with van der Waals surface area (Å²) in [5, 5.41) is 5.38. The van der Waals surface area contributed by atoms with Gasteiger partial charge in [-0.15, -0.1) is 0 Å². The number of ether oxygens (including phenoxy) is 1. The molecule has 0 bridgehead atoms. The van der Waals surface area contributed by atoms with Crippen LogP contribution in [-0.4, -0.2) is 25.3 Å². The minimum atomic E-state index is -0.0887. The van der Waals surface area contributed by atoms with E-state index in [0.29, 0.717) is 23.4 Å². The van der Waals surface area contributed by atoms with Crippen LogP contribution in [-0.2, 0) is 17.6 Å². The van der Waals surface area contributed by atoms with Gasteiger partial charge in [0.2, 0.25) is 5.91 Å². The molecule has 0 heterocycles.